The van der Waals surface area contributed by atoms with Crippen LogP contribution < -0.4 is 10.5 Å². The number of ether oxygens (including phenoxy) is 1. The molecule has 3 nitrogen and oxygen atoms in total. The van der Waals surface area contributed by atoms with Crippen molar-refractivity contribution in [1.29, 1.82) is 0 Å². The summed E-state index contributed by atoms with van der Waals surface area (Å²) in [6.45, 7) is 1.79. The maximum atomic E-state index is 12.5. The lowest BCUT2D eigenvalue weighted by Crippen LogP contribution is -2.40. The molecule has 0 aliphatic rings. The molecule has 3 N–H and O–H groups in total. The molecule has 0 aliphatic heterocycles. The molecule has 0 saturated carbocycles. The molecule has 1 rings (SSSR count). The molecule has 0 aliphatic carbocycles. The predicted molar refractivity (Wildman–Crippen MR) is 51.6 cm³/mol. The molecule has 0 amide bonds. The molecule has 0 bridgehead atoms. The minimum Gasteiger partial charge on any atom is -0.491 e. The van der Waals surface area contributed by atoms with Gasteiger partial charge in [-0.3, -0.25) is 0 Å². The van der Waals surface area contributed by atoms with Gasteiger partial charge in [-0.2, -0.15) is 0 Å². The Morgan fingerprint density at radius 1 is 1.43 bits per heavy atom. The van der Waals surface area contributed by atoms with E-state index < -0.39 is 5.60 Å². The van der Waals surface area contributed by atoms with Gasteiger partial charge in [-0.1, -0.05) is 0 Å². The average Bonchev–Trinajstić information content (AvgIpc) is 2.17. The molecule has 1 aromatic rings. The predicted octanol–water partition coefficient (Wildman–Crippen LogP) is 0.914. The third-order valence-corrected chi connectivity index (χ3v) is 1.80. The standard InChI is InChI=1S/C10H14FNO2/c1-10(13,6-12)7-14-9-4-2-8(11)3-5-9/h2-5,13H,6-7,12H2,1H3. The lowest BCUT2D eigenvalue weighted by Gasteiger charge is -2.21. The average molecular weight is 199 g/mol. The van der Waals surface area contributed by atoms with E-state index in [0.717, 1.165) is 0 Å². The second kappa shape index (κ2) is 4.39. The summed E-state index contributed by atoms with van der Waals surface area (Å²) in [7, 11) is 0. The van der Waals surface area contributed by atoms with Crippen molar-refractivity contribution in [3.8, 4) is 5.75 Å². The molecule has 1 atom stereocenters. The number of halogens is 1. The summed E-state index contributed by atoms with van der Waals surface area (Å²) in [6, 6.07) is 5.60. The van der Waals surface area contributed by atoms with E-state index in [4.69, 9.17) is 10.5 Å². The Bertz CT molecular complexity index is 285. The van der Waals surface area contributed by atoms with Crippen LogP contribution in [0.5, 0.6) is 5.75 Å². The zero-order chi connectivity index (χ0) is 10.6. The summed E-state index contributed by atoms with van der Waals surface area (Å²) in [4.78, 5) is 0. The van der Waals surface area contributed by atoms with Crippen LogP contribution in [-0.4, -0.2) is 23.9 Å². The highest BCUT2D eigenvalue weighted by molar-refractivity contribution is 5.22. The molecule has 0 heterocycles. The molecule has 0 radical (unpaired) electrons. The van der Waals surface area contributed by atoms with E-state index in [1.165, 1.54) is 24.3 Å². The molecular weight excluding hydrogens is 185 g/mol. The zero-order valence-corrected chi connectivity index (χ0v) is 8.03. The van der Waals surface area contributed by atoms with Crippen molar-refractivity contribution in [2.75, 3.05) is 13.2 Å². The van der Waals surface area contributed by atoms with Gasteiger partial charge < -0.3 is 15.6 Å². The van der Waals surface area contributed by atoms with Crippen LogP contribution in [0.1, 0.15) is 6.92 Å². The van der Waals surface area contributed by atoms with Gasteiger partial charge in [0.05, 0.1) is 0 Å². The number of hydrogen-bond donors (Lipinski definition) is 2. The van der Waals surface area contributed by atoms with Gasteiger partial charge in [0.25, 0.3) is 0 Å². The largest absolute Gasteiger partial charge is 0.491 e. The summed E-state index contributed by atoms with van der Waals surface area (Å²) in [5, 5.41) is 9.52. The van der Waals surface area contributed by atoms with Crippen molar-refractivity contribution >= 4 is 0 Å². The van der Waals surface area contributed by atoms with E-state index in [1.54, 1.807) is 6.92 Å². The Morgan fingerprint density at radius 2 is 2.00 bits per heavy atom. The van der Waals surface area contributed by atoms with Gasteiger partial charge >= 0.3 is 0 Å². The van der Waals surface area contributed by atoms with Crippen molar-refractivity contribution in [1.82, 2.24) is 0 Å². The summed E-state index contributed by atoms with van der Waals surface area (Å²) >= 11 is 0. The van der Waals surface area contributed by atoms with Crippen molar-refractivity contribution in [2.24, 2.45) is 5.73 Å². The maximum absolute atomic E-state index is 12.5. The van der Waals surface area contributed by atoms with Crippen LogP contribution in [-0.2, 0) is 0 Å². The van der Waals surface area contributed by atoms with Crippen LogP contribution in [0.4, 0.5) is 4.39 Å². The molecule has 1 aromatic carbocycles. The second-order valence-electron chi connectivity index (χ2n) is 3.44. The van der Waals surface area contributed by atoms with Crippen LogP contribution in [0.15, 0.2) is 24.3 Å². The molecule has 0 spiro atoms. The van der Waals surface area contributed by atoms with Crippen LogP contribution in [0.25, 0.3) is 0 Å². The van der Waals surface area contributed by atoms with Gasteiger partial charge in [-0.05, 0) is 31.2 Å². The van der Waals surface area contributed by atoms with Gasteiger partial charge in [0.2, 0.25) is 0 Å². The minimum atomic E-state index is -1.05. The molecule has 14 heavy (non-hydrogen) atoms. The number of aliphatic hydroxyl groups is 1. The fourth-order valence-electron chi connectivity index (χ4n) is 0.829. The van der Waals surface area contributed by atoms with E-state index in [9.17, 15) is 9.50 Å². The monoisotopic (exact) mass is 199 g/mol. The normalized spacial score (nSPS) is 14.9. The highest BCUT2D eigenvalue weighted by Crippen LogP contribution is 2.13. The topological polar surface area (TPSA) is 55.5 Å². The van der Waals surface area contributed by atoms with Crippen molar-refractivity contribution in [2.45, 2.75) is 12.5 Å². The first-order valence-corrected chi connectivity index (χ1v) is 4.34. The zero-order valence-electron chi connectivity index (χ0n) is 8.03. The SMILES string of the molecule is CC(O)(CN)COc1ccc(F)cc1. The quantitative estimate of drug-likeness (QED) is 0.758. The van der Waals surface area contributed by atoms with Crippen molar-refractivity contribution in [3.05, 3.63) is 30.1 Å². The molecule has 4 heteroatoms. The molecule has 0 fully saturated rings. The van der Waals surface area contributed by atoms with Crippen LogP contribution in [0.2, 0.25) is 0 Å². The van der Waals surface area contributed by atoms with Gasteiger partial charge in [0.1, 0.15) is 23.8 Å². The summed E-state index contributed by atoms with van der Waals surface area (Å²) in [6.07, 6.45) is 0. The molecule has 1 unspecified atom stereocenters. The molecule has 0 aromatic heterocycles. The first kappa shape index (κ1) is 10.9. The Kier molecular flexibility index (Phi) is 3.43. The van der Waals surface area contributed by atoms with Gasteiger partial charge in [-0.25, -0.2) is 4.39 Å². The van der Waals surface area contributed by atoms with Crippen LogP contribution in [0.3, 0.4) is 0 Å². The number of hydrogen-bond acceptors (Lipinski definition) is 3. The Morgan fingerprint density at radius 3 is 2.50 bits per heavy atom. The van der Waals surface area contributed by atoms with E-state index >= 15 is 0 Å². The van der Waals surface area contributed by atoms with Gasteiger partial charge in [-0.15, -0.1) is 0 Å². The van der Waals surface area contributed by atoms with E-state index in [1.807, 2.05) is 0 Å². The lowest BCUT2D eigenvalue weighted by atomic mass is 10.1. The first-order chi connectivity index (χ1) is 6.53. The lowest BCUT2D eigenvalue weighted by molar-refractivity contribution is 0.0195. The molecular formula is C10H14FNO2. The van der Waals surface area contributed by atoms with Gasteiger partial charge in [0.15, 0.2) is 0 Å². The highest BCUT2D eigenvalue weighted by atomic mass is 19.1. The number of nitrogens with two attached hydrogens (primary N) is 1. The Labute approximate surface area is 82.3 Å². The second-order valence-corrected chi connectivity index (χ2v) is 3.44. The van der Waals surface area contributed by atoms with E-state index in [-0.39, 0.29) is 19.0 Å². The Hall–Kier alpha value is -1.13. The minimum absolute atomic E-state index is 0.0924. The summed E-state index contributed by atoms with van der Waals surface area (Å²) in [5.41, 5.74) is 4.26. The summed E-state index contributed by atoms with van der Waals surface area (Å²) < 4.78 is 17.7. The van der Waals surface area contributed by atoms with Crippen LogP contribution in [0, 0.1) is 5.82 Å². The highest BCUT2D eigenvalue weighted by Gasteiger charge is 2.18. The van der Waals surface area contributed by atoms with E-state index in [2.05, 4.69) is 0 Å². The van der Waals surface area contributed by atoms with Gasteiger partial charge in [0, 0.05) is 6.54 Å². The third-order valence-electron chi connectivity index (χ3n) is 1.80. The van der Waals surface area contributed by atoms with Crippen LogP contribution >= 0.6 is 0 Å². The number of benzene rings is 1. The third kappa shape index (κ3) is 3.32. The smallest absolute Gasteiger partial charge is 0.123 e. The summed E-state index contributed by atoms with van der Waals surface area (Å²) in [5.74, 6) is 0.197. The van der Waals surface area contributed by atoms with Crippen molar-refractivity contribution in [3.63, 3.8) is 0 Å². The molecule has 78 valence electrons. The number of rotatable bonds is 4. The Balaban J connectivity index is 2.50. The first-order valence-electron chi connectivity index (χ1n) is 4.34. The van der Waals surface area contributed by atoms with E-state index in [0.29, 0.717) is 5.75 Å². The molecule has 0 saturated heterocycles. The maximum Gasteiger partial charge on any atom is 0.123 e. The fraction of sp³-hybridized carbons (Fsp3) is 0.400. The fourth-order valence-corrected chi connectivity index (χ4v) is 0.829. The van der Waals surface area contributed by atoms with Crippen molar-refractivity contribution < 1.29 is 14.2 Å².